The molecule has 0 amide bonds. The van der Waals surface area contributed by atoms with Gasteiger partial charge in [-0.25, -0.2) is 0 Å². The summed E-state index contributed by atoms with van der Waals surface area (Å²) in [6.45, 7) is 3.94. The van der Waals surface area contributed by atoms with Gasteiger partial charge in [0.05, 0.1) is 5.56 Å². The normalized spacial score (nSPS) is 11.4. The largest absolute Gasteiger partial charge is 0.429 e. The lowest BCUT2D eigenvalue weighted by atomic mass is 10.1. The van der Waals surface area contributed by atoms with Crippen molar-refractivity contribution in [3.8, 4) is 5.75 Å². The average Bonchev–Trinajstić information content (AvgIpc) is 2.41. The van der Waals surface area contributed by atoms with E-state index in [0.29, 0.717) is 0 Å². The van der Waals surface area contributed by atoms with Crippen molar-refractivity contribution in [2.24, 2.45) is 0 Å². The van der Waals surface area contributed by atoms with Gasteiger partial charge < -0.3 is 4.74 Å². The zero-order valence-electron chi connectivity index (χ0n) is 11.7. The third-order valence-electron chi connectivity index (χ3n) is 3.10. The standard InChI is InChI=1S/C17H18F2O/c1-3-4-14-7-11-16(12-8-14)20-17(18,19)15-9-5-13(2)6-10-15/h5-12H,3-4H2,1-2H3. The predicted molar refractivity (Wildman–Crippen MR) is 76.1 cm³/mol. The Hall–Kier alpha value is -1.90. The molecule has 2 rings (SSSR count). The summed E-state index contributed by atoms with van der Waals surface area (Å²) < 4.78 is 32.8. The molecule has 2 aromatic rings. The number of halogens is 2. The van der Waals surface area contributed by atoms with Crippen LogP contribution >= 0.6 is 0 Å². The van der Waals surface area contributed by atoms with E-state index < -0.39 is 6.11 Å². The van der Waals surface area contributed by atoms with Crippen molar-refractivity contribution in [1.29, 1.82) is 0 Å². The highest BCUT2D eigenvalue weighted by Gasteiger charge is 2.34. The summed E-state index contributed by atoms with van der Waals surface area (Å²) in [5, 5.41) is 0. The Morgan fingerprint density at radius 1 is 0.950 bits per heavy atom. The summed E-state index contributed by atoms with van der Waals surface area (Å²) in [6.07, 6.45) is -1.35. The molecule has 3 heteroatoms. The van der Waals surface area contributed by atoms with Crippen LogP contribution in [0.3, 0.4) is 0 Å². The van der Waals surface area contributed by atoms with E-state index in [1.165, 1.54) is 12.1 Å². The molecule has 1 nitrogen and oxygen atoms in total. The molecule has 0 aliphatic heterocycles. The lowest BCUT2D eigenvalue weighted by Gasteiger charge is -2.18. The molecule has 0 saturated heterocycles. The first-order valence-corrected chi connectivity index (χ1v) is 6.74. The maximum atomic E-state index is 14.0. The van der Waals surface area contributed by atoms with Gasteiger partial charge in [-0.05, 0) is 43.2 Å². The van der Waals surface area contributed by atoms with Crippen LogP contribution in [0.2, 0.25) is 0 Å². The van der Waals surface area contributed by atoms with Gasteiger partial charge in [0.1, 0.15) is 5.75 Å². The molecule has 0 heterocycles. The number of aryl methyl sites for hydroxylation is 2. The maximum absolute atomic E-state index is 14.0. The monoisotopic (exact) mass is 276 g/mol. The first kappa shape index (κ1) is 14.5. The highest BCUT2D eigenvalue weighted by molar-refractivity contribution is 5.29. The lowest BCUT2D eigenvalue weighted by molar-refractivity contribution is -0.185. The van der Waals surface area contributed by atoms with Crippen molar-refractivity contribution in [2.45, 2.75) is 32.8 Å². The summed E-state index contributed by atoms with van der Waals surface area (Å²) in [6, 6.07) is 12.9. The number of benzene rings is 2. The van der Waals surface area contributed by atoms with Crippen molar-refractivity contribution in [2.75, 3.05) is 0 Å². The Labute approximate surface area is 118 Å². The Morgan fingerprint density at radius 3 is 2.10 bits per heavy atom. The smallest absolute Gasteiger partial charge is 0.426 e. The molecule has 20 heavy (non-hydrogen) atoms. The number of alkyl halides is 2. The van der Waals surface area contributed by atoms with Crippen LogP contribution in [-0.4, -0.2) is 0 Å². The van der Waals surface area contributed by atoms with Crippen LogP contribution in [-0.2, 0) is 12.5 Å². The van der Waals surface area contributed by atoms with E-state index in [1.807, 2.05) is 19.1 Å². The second kappa shape index (κ2) is 6.04. The molecule has 0 aliphatic rings. The van der Waals surface area contributed by atoms with Gasteiger partial charge in [-0.3, -0.25) is 0 Å². The van der Waals surface area contributed by atoms with Gasteiger partial charge in [0, 0.05) is 0 Å². The Kier molecular flexibility index (Phi) is 4.38. The van der Waals surface area contributed by atoms with Gasteiger partial charge in [-0.15, -0.1) is 0 Å². The molecule has 0 unspecified atom stereocenters. The highest BCUT2D eigenvalue weighted by atomic mass is 19.3. The summed E-state index contributed by atoms with van der Waals surface area (Å²) in [7, 11) is 0. The summed E-state index contributed by atoms with van der Waals surface area (Å²) >= 11 is 0. The Bertz CT molecular complexity index is 544. The maximum Gasteiger partial charge on any atom is 0.426 e. The third-order valence-corrected chi connectivity index (χ3v) is 3.10. The number of hydrogen-bond donors (Lipinski definition) is 0. The SMILES string of the molecule is CCCc1ccc(OC(F)(F)c2ccc(C)cc2)cc1. The van der Waals surface area contributed by atoms with Gasteiger partial charge in [-0.1, -0.05) is 43.2 Å². The van der Waals surface area contributed by atoms with Crippen molar-refractivity contribution in [3.05, 3.63) is 65.2 Å². The van der Waals surface area contributed by atoms with Crippen LogP contribution < -0.4 is 4.74 Å². The van der Waals surface area contributed by atoms with Crippen molar-refractivity contribution in [3.63, 3.8) is 0 Å². The first-order valence-electron chi connectivity index (χ1n) is 6.74. The highest BCUT2D eigenvalue weighted by Crippen LogP contribution is 2.31. The average molecular weight is 276 g/mol. The quantitative estimate of drug-likeness (QED) is 0.740. The van der Waals surface area contributed by atoms with Crippen molar-refractivity contribution < 1.29 is 13.5 Å². The van der Waals surface area contributed by atoms with E-state index in [9.17, 15) is 8.78 Å². The van der Waals surface area contributed by atoms with E-state index >= 15 is 0 Å². The molecule has 0 fully saturated rings. The number of hydrogen-bond acceptors (Lipinski definition) is 1. The van der Waals surface area contributed by atoms with Gasteiger partial charge in [0.2, 0.25) is 0 Å². The van der Waals surface area contributed by atoms with E-state index in [1.54, 1.807) is 24.3 Å². The fourth-order valence-corrected chi connectivity index (χ4v) is 1.97. The molecule has 0 N–H and O–H groups in total. The van der Waals surface area contributed by atoms with E-state index in [0.717, 1.165) is 24.0 Å². The topological polar surface area (TPSA) is 9.23 Å². The summed E-state index contributed by atoms with van der Waals surface area (Å²) in [4.78, 5) is 0. The molecule has 0 spiro atoms. The summed E-state index contributed by atoms with van der Waals surface area (Å²) in [5.41, 5.74) is 1.92. The first-order chi connectivity index (χ1) is 9.51. The van der Waals surface area contributed by atoms with E-state index in [4.69, 9.17) is 4.74 Å². The molecule has 0 bridgehead atoms. The van der Waals surface area contributed by atoms with E-state index in [-0.39, 0.29) is 11.3 Å². The van der Waals surface area contributed by atoms with Crippen molar-refractivity contribution in [1.82, 2.24) is 0 Å². The van der Waals surface area contributed by atoms with Crippen LogP contribution in [0, 0.1) is 6.92 Å². The minimum atomic E-state index is -3.32. The Morgan fingerprint density at radius 2 is 1.55 bits per heavy atom. The number of rotatable bonds is 5. The van der Waals surface area contributed by atoms with E-state index in [2.05, 4.69) is 6.92 Å². The molecular weight excluding hydrogens is 258 g/mol. The second-order valence-corrected chi connectivity index (χ2v) is 4.88. The molecule has 0 aromatic heterocycles. The minimum Gasteiger partial charge on any atom is -0.429 e. The van der Waals surface area contributed by atoms with Gasteiger partial charge in [0.25, 0.3) is 0 Å². The third kappa shape index (κ3) is 3.56. The molecule has 2 aromatic carbocycles. The molecular formula is C17H18F2O. The molecule has 0 atom stereocenters. The fraction of sp³-hybridized carbons (Fsp3) is 0.294. The fourth-order valence-electron chi connectivity index (χ4n) is 1.97. The number of ether oxygens (including phenoxy) is 1. The van der Waals surface area contributed by atoms with Crippen molar-refractivity contribution >= 4 is 0 Å². The Balaban J connectivity index is 2.12. The van der Waals surface area contributed by atoms with Crippen LogP contribution in [0.5, 0.6) is 5.75 Å². The van der Waals surface area contributed by atoms with Crippen LogP contribution in [0.1, 0.15) is 30.0 Å². The predicted octanol–water partition coefficient (Wildman–Crippen LogP) is 5.08. The van der Waals surface area contributed by atoms with Gasteiger partial charge in [0.15, 0.2) is 0 Å². The van der Waals surface area contributed by atoms with Crippen LogP contribution in [0.25, 0.3) is 0 Å². The van der Waals surface area contributed by atoms with Crippen LogP contribution in [0.4, 0.5) is 8.78 Å². The second-order valence-electron chi connectivity index (χ2n) is 4.88. The molecule has 0 saturated carbocycles. The van der Waals surface area contributed by atoms with Gasteiger partial charge in [-0.2, -0.15) is 8.78 Å². The summed E-state index contributed by atoms with van der Waals surface area (Å²) in [5.74, 6) is 0.176. The zero-order chi connectivity index (χ0) is 14.6. The molecule has 0 aliphatic carbocycles. The van der Waals surface area contributed by atoms with Crippen LogP contribution in [0.15, 0.2) is 48.5 Å². The molecule has 0 radical (unpaired) electrons. The van der Waals surface area contributed by atoms with Gasteiger partial charge >= 0.3 is 6.11 Å². The zero-order valence-corrected chi connectivity index (χ0v) is 11.7. The lowest BCUT2D eigenvalue weighted by Crippen LogP contribution is -2.21. The molecule has 106 valence electrons. The minimum absolute atomic E-state index is 0.138.